The second kappa shape index (κ2) is 9.13. The number of likely N-dealkylation sites (tertiary alicyclic amines) is 1. The molecule has 0 amide bonds. The van der Waals surface area contributed by atoms with Crippen molar-refractivity contribution in [3.63, 3.8) is 0 Å². The Labute approximate surface area is 134 Å². The summed E-state index contributed by atoms with van der Waals surface area (Å²) in [5.41, 5.74) is 2.54. The Morgan fingerprint density at radius 1 is 1.36 bits per heavy atom. The zero-order valence-corrected chi connectivity index (χ0v) is 13.9. The van der Waals surface area contributed by atoms with E-state index in [1.165, 1.54) is 11.3 Å². The average Bonchev–Trinajstić information content (AvgIpc) is 2.54. The molecule has 1 unspecified atom stereocenters. The van der Waals surface area contributed by atoms with Crippen LogP contribution in [-0.4, -0.2) is 49.5 Å². The Morgan fingerprint density at radius 3 is 2.82 bits per heavy atom. The monoisotopic (exact) mass is 306 g/mol. The smallest absolute Gasteiger partial charge is 0.0481 e. The van der Waals surface area contributed by atoms with E-state index in [1.807, 2.05) is 0 Å². The molecule has 22 heavy (non-hydrogen) atoms. The Hall–Kier alpha value is -1.10. The molecule has 2 rings (SSSR count). The van der Waals surface area contributed by atoms with Crippen LogP contribution < -0.4 is 5.32 Å². The van der Waals surface area contributed by atoms with Gasteiger partial charge in [-0.15, -0.1) is 0 Å². The second-order valence-corrected chi connectivity index (χ2v) is 6.43. The molecule has 0 saturated carbocycles. The maximum atomic E-state index is 9.21. The largest absolute Gasteiger partial charge is 0.396 e. The van der Waals surface area contributed by atoms with Crippen LogP contribution in [0, 0.1) is 5.92 Å². The van der Waals surface area contributed by atoms with Gasteiger partial charge in [-0.1, -0.05) is 12.1 Å². The van der Waals surface area contributed by atoms with Crippen LogP contribution in [0.15, 0.2) is 24.3 Å². The van der Waals surface area contributed by atoms with Crippen LogP contribution in [-0.2, 0) is 11.3 Å². The first kappa shape index (κ1) is 17.3. The van der Waals surface area contributed by atoms with Crippen molar-refractivity contribution >= 4 is 5.69 Å². The molecule has 4 heteroatoms. The summed E-state index contributed by atoms with van der Waals surface area (Å²) in [5, 5.41) is 12.8. The van der Waals surface area contributed by atoms with Gasteiger partial charge in [-0.05, 0) is 62.9 Å². The van der Waals surface area contributed by atoms with Crippen molar-refractivity contribution in [3.8, 4) is 0 Å². The van der Waals surface area contributed by atoms with E-state index in [0.717, 1.165) is 45.5 Å². The number of piperidine rings is 1. The summed E-state index contributed by atoms with van der Waals surface area (Å²) in [6.07, 6.45) is 3.24. The second-order valence-electron chi connectivity index (χ2n) is 6.43. The first-order valence-corrected chi connectivity index (χ1v) is 8.39. The fourth-order valence-corrected chi connectivity index (χ4v) is 3.00. The molecule has 2 N–H and O–H groups in total. The third-order valence-electron chi connectivity index (χ3n) is 4.47. The van der Waals surface area contributed by atoms with Crippen LogP contribution in [0.5, 0.6) is 0 Å². The lowest BCUT2D eigenvalue weighted by atomic mass is 9.97. The first-order chi connectivity index (χ1) is 10.7. The molecule has 1 aliphatic rings. The van der Waals surface area contributed by atoms with Crippen LogP contribution in [0.4, 0.5) is 5.69 Å². The van der Waals surface area contributed by atoms with Gasteiger partial charge in [0.1, 0.15) is 0 Å². The molecular formula is C18H30N2O2. The van der Waals surface area contributed by atoms with Crippen LogP contribution in [0.1, 0.15) is 31.7 Å². The molecule has 1 aliphatic heterocycles. The Bertz CT molecular complexity index is 431. The van der Waals surface area contributed by atoms with Gasteiger partial charge in [-0.3, -0.25) is 4.90 Å². The summed E-state index contributed by atoms with van der Waals surface area (Å²) < 4.78 is 5.13. The van der Waals surface area contributed by atoms with Crippen molar-refractivity contribution in [1.29, 1.82) is 0 Å². The number of ether oxygens (including phenoxy) is 1. The Balaban J connectivity index is 1.83. The normalized spacial score (nSPS) is 18.3. The summed E-state index contributed by atoms with van der Waals surface area (Å²) in [5.74, 6) is 0.505. The highest BCUT2D eigenvalue weighted by Gasteiger charge is 2.18. The molecule has 1 saturated heterocycles. The standard InChI is InChI=1S/C18H30N2O2/c1-15(8-11-22-2)19-18-5-3-4-17(12-18)13-20-9-6-16(14-21)7-10-20/h3-5,12,15-16,19,21H,6-11,13-14H2,1-2H3. The van der Waals surface area contributed by atoms with E-state index in [0.29, 0.717) is 18.6 Å². The van der Waals surface area contributed by atoms with Gasteiger partial charge in [0.05, 0.1) is 0 Å². The summed E-state index contributed by atoms with van der Waals surface area (Å²) in [4.78, 5) is 2.49. The van der Waals surface area contributed by atoms with Crippen molar-refractivity contribution in [2.24, 2.45) is 5.92 Å². The molecular weight excluding hydrogens is 276 g/mol. The molecule has 1 aromatic carbocycles. The van der Waals surface area contributed by atoms with Crippen molar-refractivity contribution in [3.05, 3.63) is 29.8 Å². The topological polar surface area (TPSA) is 44.7 Å². The van der Waals surface area contributed by atoms with Gasteiger partial charge in [0.25, 0.3) is 0 Å². The van der Waals surface area contributed by atoms with Crippen LogP contribution in [0.2, 0.25) is 0 Å². The number of benzene rings is 1. The van der Waals surface area contributed by atoms with Crippen LogP contribution in [0.25, 0.3) is 0 Å². The predicted molar refractivity (Wildman–Crippen MR) is 91.1 cm³/mol. The van der Waals surface area contributed by atoms with Gasteiger partial charge in [-0.2, -0.15) is 0 Å². The number of methoxy groups -OCH3 is 1. The lowest BCUT2D eigenvalue weighted by Gasteiger charge is -2.31. The van der Waals surface area contributed by atoms with Crippen molar-refractivity contribution in [2.45, 2.75) is 38.8 Å². The SMILES string of the molecule is COCCC(C)Nc1cccc(CN2CCC(CO)CC2)c1. The Kier molecular flexibility index (Phi) is 7.16. The third-order valence-corrected chi connectivity index (χ3v) is 4.47. The number of nitrogens with one attached hydrogen (secondary N) is 1. The van der Waals surface area contributed by atoms with E-state index in [1.54, 1.807) is 7.11 Å². The number of aliphatic hydroxyl groups excluding tert-OH is 1. The van der Waals surface area contributed by atoms with Gasteiger partial charge in [0.2, 0.25) is 0 Å². The number of rotatable bonds is 8. The molecule has 0 aromatic heterocycles. The van der Waals surface area contributed by atoms with E-state index in [-0.39, 0.29) is 0 Å². The highest BCUT2D eigenvalue weighted by molar-refractivity contribution is 5.46. The predicted octanol–water partition coefficient (Wildman–Crippen LogP) is 2.73. The van der Waals surface area contributed by atoms with Gasteiger partial charge >= 0.3 is 0 Å². The number of aliphatic hydroxyl groups is 1. The molecule has 1 heterocycles. The van der Waals surface area contributed by atoms with Crippen LogP contribution >= 0.6 is 0 Å². The lowest BCUT2D eigenvalue weighted by molar-refractivity contribution is 0.127. The minimum atomic E-state index is 0.340. The summed E-state index contributed by atoms with van der Waals surface area (Å²) in [7, 11) is 1.74. The molecule has 0 bridgehead atoms. The zero-order chi connectivity index (χ0) is 15.8. The molecule has 1 atom stereocenters. The molecule has 124 valence electrons. The maximum Gasteiger partial charge on any atom is 0.0481 e. The number of hydrogen-bond acceptors (Lipinski definition) is 4. The van der Waals surface area contributed by atoms with E-state index in [2.05, 4.69) is 41.4 Å². The fourth-order valence-electron chi connectivity index (χ4n) is 3.00. The van der Waals surface area contributed by atoms with Crippen molar-refractivity contribution in [2.75, 3.05) is 38.7 Å². The first-order valence-electron chi connectivity index (χ1n) is 8.39. The minimum Gasteiger partial charge on any atom is -0.396 e. The molecule has 1 fully saturated rings. The van der Waals surface area contributed by atoms with Gasteiger partial charge < -0.3 is 15.2 Å². The molecule has 0 radical (unpaired) electrons. The van der Waals surface area contributed by atoms with Gasteiger partial charge in [-0.25, -0.2) is 0 Å². The highest BCUT2D eigenvalue weighted by atomic mass is 16.5. The molecule has 0 spiro atoms. The number of nitrogens with zero attached hydrogens (tertiary/aromatic N) is 1. The fraction of sp³-hybridized carbons (Fsp3) is 0.667. The third kappa shape index (κ3) is 5.59. The van der Waals surface area contributed by atoms with Gasteiger partial charge in [0.15, 0.2) is 0 Å². The highest BCUT2D eigenvalue weighted by Crippen LogP contribution is 2.20. The maximum absolute atomic E-state index is 9.21. The summed E-state index contributed by atoms with van der Waals surface area (Å²) in [6.45, 7) is 6.49. The quantitative estimate of drug-likeness (QED) is 0.775. The van der Waals surface area contributed by atoms with Crippen molar-refractivity contribution < 1.29 is 9.84 Å². The van der Waals surface area contributed by atoms with Crippen LogP contribution in [0.3, 0.4) is 0 Å². The van der Waals surface area contributed by atoms with E-state index < -0.39 is 0 Å². The van der Waals surface area contributed by atoms with E-state index in [9.17, 15) is 5.11 Å². The van der Waals surface area contributed by atoms with E-state index >= 15 is 0 Å². The molecule has 0 aliphatic carbocycles. The average molecular weight is 306 g/mol. The number of anilines is 1. The summed E-state index contributed by atoms with van der Waals surface area (Å²) in [6, 6.07) is 9.12. The Morgan fingerprint density at radius 2 is 2.14 bits per heavy atom. The lowest BCUT2D eigenvalue weighted by Crippen LogP contribution is -2.34. The van der Waals surface area contributed by atoms with Gasteiger partial charge in [0, 0.05) is 38.6 Å². The zero-order valence-electron chi connectivity index (χ0n) is 13.9. The molecule has 1 aromatic rings. The molecule has 4 nitrogen and oxygen atoms in total. The van der Waals surface area contributed by atoms with Crippen molar-refractivity contribution in [1.82, 2.24) is 4.90 Å². The summed E-state index contributed by atoms with van der Waals surface area (Å²) >= 11 is 0. The van der Waals surface area contributed by atoms with E-state index in [4.69, 9.17) is 4.74 Å². The number of hydrogen-bond donors (Lipinski definition) is 2. The minimum absolute atomic E-state index is 0.340.